The number of amides is 2. The van der Waals surface area contributed by atoms with E-state index >= 15 is 0 Å². The number of carbonyl (C=O) groups excluding carboxylic acids is 4. The normalized spacial score (nSPS) is 24.6. The molecule has 1 aliphatic heterocycles. The lowest BCUT2D eigenvalue weighted by Crippen LogP contribution is -2.50. The molecule has 3 rings (SSSR count). The summed E-state index contributed by atoms with van der Waals surface area (Å²) >= 11 is 0. The third-order valence-corrected chi connectivity index (χ3v) is 4.32. The number of hydrogen-bond acceptors (Lipinski definition) is 6. The molecular formula is C17H17NO6. The van der Waals surface area contributed by atoms with E-state index in [0.29, 0.717) is 0 Å². The molecule has 2 amide bonds. The van der Waals surface area contributed by atoms with Crippen molar-refractivity contribution in [3.8, 4) is 0 Å². The smallest absolute Gasteiger partial charge is 0.333 e. The van der Waals surface area contributed by atoms with E-state index in [4.69, 9.17) is 9.47 Å². The van der Waals surface area contributed by atoms with Crippen LogP contribution < -0.4 is 0 Å². The fourth-order valence-corrected chi connectivity index (χ4v) is 3.15. The van der Waals surface area contributed by atoms with Crippen LogP contribution >= 0.6 is 0 Å². The molecule has 1 saturated carbocycles. The van der Waals surface area contributed by atoms with Crippen LogP contribution in [0.4, 0.5) is 0 Å². The Morgan fingerprint density at radius 2 is 1.62 bits per heavy atom. The van der Waals surface area contributed by atoms with E-state index in [1.807, 2.05) is 0 Å². The lowest BCUT2D eigenvalue weighted by molar-refractivity contribution is -0.155. The maximum absolute atomic E-state index is 12.7. The largest absolute Gasteiger partial charge is 0.466 e. The fourth-order valence-electron chi connectivity index (χ4n) is 3.15. The van der Waals surface area contributed by atoms with Crippen molar-refractivity contribution in [2.45, 2.75) is 25.8 Å². The Labute approximate surface area is 138 Å². The maximum Gasteiger partial charge on any atom is 0.333 e. The molecule has 1 aromatic carbocycles. The van der Waals surface area contributed by atoms with Gasteiger partial charge in [-0.1, -0.05) is 12.1 Å². The number of fused-ring (bicyclic) bond motifs is 1. The molecule has 7 heteroatoms. The van der Waals surface area contributed by atoms with Crippen LogP contribution in [0.5, 0.6) is 0 Å². The molecule has 0 N–H and O–H groups in total. The van der Waals surface area contributed by atoms with Gasteiger partial charge in [0.1, 0.15) is 0 Å². The van der Waals surface area contributed by atoms with Crippen molar-refractivity contribution in [2.24, 2.45) is 5.92 Å². The van der Waals surface area contributed by atoms with Gasteiger partial charge in [-0.3, -0.25) is 19.3 Å². The molecule has 1 aliphatic carbocycles. The lowest BCUT2D eigenvalue weighted by Gasteiger charge is -2.25. The highest BCUT2D eigenvalue weighted by molar-refractivity contribution is 6.24. The number of esters is 2. The minimum atomic E-state index is -1.60. The summed E-state index contributed by atoms with van der Waals surface area (Å²) < 4.78 is 10.0. The molecule has 1 fully saturated rings. The summed E-state index contributed by atoms with van der Waals surface area (Å²) in [6.45, 7) is 3.50. The SMILES string of the molecule is CCOC(=O)[C@@H]1C[C@]1(C(=O)OCC)N1C(=O)c2ccccc2C1=O. The lowest BCUT2D eigenvalue weighted by atomic mass is 10.1. The Morgan fingerprint density at radius 1 is 1.08 bits per heavy atom. The molecule has 1 aromatic rings. The van der Waals surface area contributed by atoms with Gasteiger partial charge in [-0.2, -0.15) is 0 Å². The van der Waals surface area contributed by atoms with Gasteiger partial charge in [0.15, 0.2) is 5.54 Å². The highest BCUT2D eigenvalue weighted by Gasteiger charge is 2.73. The summed E-state index contributed by atoms with van der Waals surface area (Å²) in [7, 11) is 0. The number of rotatable bonds is 5. The fraction of sp³-hybridized carbons (Fsp3) is 0.412. The number of hydrogen-bond donors (Lipinski definition) is 0. The van der Waals surface area contributed by atoms with Crippen molar-refractivity contribution in [1.82, 2.24) is 4.90 Å². The minimum absolute atomic E-state index is 0.0239. The molecule has 0 aromatic heterocycles. The zero-order valence-electron chi connectivity index (χ0n) is 13.4. The van der Waals surface area contributed by atoms with Crippen LogP contribution in [0, 0.1) is 5.92 Å². The molecule has 0 bridgehead atoms. The van der Waals surface area contributed by atoms with E-state index in [1.54, 1.807) is 26.0 Å². The summed E-state index contributed by atoms with van der Waals surface area (Å²) in [5, 5.41) is 0. The summed E-state index contributed by atoms with van der Waals surface area (Å²) in [6, 6.07) is 6.33. The Bertz CT molecular complexity index is 707. The van der Waals surface area contributed by atoms with E-state index in [-0.39, 0.29) is 30.8 Å². The van der Waals surface area contributed by atoms with E-state index in [2.05, 4.69) is 0 Å². The van der Waals surface area contributed by atoms with Crippen molar-refractivity contribution in [3.63, 3.8) is 0 Å². The molecule has 0 radical (unpaired) electrons. The monoisotopic (exact) mass is 331 g/mol. The molecule has 126 valence electrons. The number of carbonyl (C=O) groups is 4. The standard InChI is InChI=1S/C17H17NO6/c1-3-23-15(21)12-9-17(12,16(22)24-4-2)18-13(19)10-7-5-6-8-11(10)14(18)20/h5-8,12H,3-4,9H2,1-2H3/t12-,17-/m0/s1. The van der Waals surface area contributed by atoms with Gasteiger partial charge in [0.05, 0.1) is 30.3 Å². The Hall–Kier alpha value is -2.70. The number of benzene rings is 1. The molecule has 0 spiro atoms. The summed E-state index contributed by atoms with van der Waals surface area (Å²) in [6.07, 6.45) is 0.0239. The summed E-state index contributed by atoms with van der Waals surface area (Å²) in [5.74, 6) is -3.43. The third kappa shape index (κ3) is 2.11. The third-order valence-electron chi connectivity index (χ3n) is 4.32. The number of imide groups is 1. The Morgan fingerprint density at radius 3 is 2.12 bits per heavy atom. The first kappa shape index (κ1) is 16.2. The second-order valence-corrected chi connectivity index (χ2v) is 5.64. The van der Waals surface area contributed by atoms with Gasteiger partial charge in [-0.05, 0) is 32.4 Å². The quantitative estimate of drug-likeness (QED) is 0.594. The Balaban J connectivity index is 2.00. The molecule has 0 saturated heterocycles. The zero-order chi connectivity index (χ0) is 17.5. The Kier molecular flexibility index (Phi) is 3.87. The predicted molar refractivity (Wildman–Crippen MR) is 81.0 cm³/mol. The molecule has 0 unspecified atom stereocenters. The van der Waals surface area contributed by atoms with Crippen LogP contribution in [-0.4, -0.2) is 47.4 Å². The van der Waals surface area contributed by atoms with Crippen molar-refractivity contribution in [1.29, 1.82) is 0 Å². The van der Waals surface area contributed by atoms with Gasteiger partial charge in [0.2, 0.25) is 0 Å². The van der Waals surface area contributed by atoms with E-state index in [9.17, 15) is 19.2 Å². The summed E-state index contributed by atoms with van der Waals surface area (Å²) in [4.78, 5) is 50.8. The topological polar surface area (TPSA) is 90.0 Å². The van der Waals surface area contributed by atoms with Crippen LogP contribution in [0.15, 0.2) is 24.3 Å². The van der Waals surface area contributed by atoms with Gasteiger partial charge in [0.25, 0.3) is 11.8 Å². The van der Waals surface area contributed by atoms with Crippen molar-refractivity contribution >= 4 is 23.8 Å². The molecule has 2 atom stereocenters. The highest BCUT2D eigenvalue weighted by Crippen LogP contribution is 2.52. The van der Waals surface area contributed by atoms with Gasteiger partial charge in [-0.15, -0.1) is 0 Å². The van der Waals surface area contributed by atoms with E-state index in [1.165, 1.54) is 12.1 Å². The van der Waals surface area contributed by atoms with Gasteiger partial charge in [-0.25, -0.2) is 4.79 Å². The molecule has 2 aliphatic rings. The van der Waals surface area contributed by atoms with Gasteiger partial charge >= 0.3 is 11.9 Å². The summed E-state index contributed by atoms with van der Waals surface area (Å²) in [5.41, 5.74) is -1.16. The zero-order valence-corrected chi connectivity index (χ0v) is 13.4. The van der Waals surface area contributed by atoms with Crippen molar-refractivity contribution in [2.75, 3.05) is 13.2 Å². The van der Waals surface area contributed by atoms with Crippen LogP contribution in [0.2, 0.25) is 0 Å². The second-order valence-electron chi connectivity index (χ2n) is 5.64. The minimum Gasteiger partial charge on any atom is -0.466 e. The molecule has 1 heterocycles. The van der Waals surface area contributed by atoms with Crippen LogP contribution in [0.1, 0.15) is 41.0 Å². The van der Waals surface area contributed by atoms with Gasteiger partial charge < -0.3 is 9.47 Å². The number of ether oxygens (including phenoxy) is 2. The first-order chi connectivity index (χ1) is 11.5. The molecular weight excluding hydrogens is 314 g/mol. The predicted octanol–water partition coefficient (Wildman–Crippen LogP) is 1.17. The second kappa shape index (κ2) is 5.74. The van der Waals surface area contributed by atoms with Crippen LogP contribution in [0.3, 0.4) is 0 Å². The van der Waals surface area contributed by atoms with Crippen LogP contribution in [0.25, 0.3) is 0 Å². The van der Waals surface area contributed by atoms with Gasteiger partial charge in [0, 0.05) is 0 Å². The van der Waals surface area contributed by atoms with E-state index < -0.39 is 35.2 Å². The van der Waals surface area contributed by atoms with Crippen molar-refractivity contribution in [3.05, 3.63) is 35.4 Å². The first-order valence-electron chi connectivity index (χ1n) is 7.80. The van der Waals surface area contributed by atoms with Crippen LogP contribution in [-0.2, 0) is 19.1 Å². The van der Waals surface area contributed by atoms with E-state index in [0.717, 1.165) is 4.90 Å². The average molecular weight is 331 g/mol. The average Bonchev–Trinajstić information content (AvgIpc) is 3.26. The molecule has 24 heavy (non-hydrogen) atoms. The molecule has 7 nitrogen and oxygen atoms in total. The number of nitrogens with zero attached hydrogens (tertiary/aromatic N) is 1. The van der Waals surface area contributed by atoms with Crippen molar-refractivity contribution < 1.29 is 28.7 Å². The maximum atomic E-state index is 12.7. The highest BCUT2D eigenvalue weighted by atomic mass is 16.5. The first-order valence-corrected chi connectivity index (χ1v) is 7.80.